The van der Waals surface area contributed by atoms with E-state index in [0.29, 0.717) is 0 Å². The number of benzene rings is 2. The van der Waals surface area contributed by atoms with Crippen molar-refractivity contribution in [1.82, 2.24) is 4.98 Å². The number of nitrogens with zero attached hydrogens (tertiary/aromatic N) is 1. The van der Waals surface area contributed by atoms with Crippen LogP contribution in [-0.2, 0) is 6.42 Å². The van der Waals surface area contributed by atoms with Crippen molar-refractivity contribution in [3.8, 4) is 11.3 Å². The van der Waals surface area contributed by atoms with Crippen LogP contribution in [0.25, 0.3) is 31.4 Å². The number of fused-ring (bicyclic) bond motifs is 3. The molecule has 1 aliphatic carbocycles. The Labute approximate surface area is 180 Å². The van der Waals surface area contributed by atoms with Crippen LogP contribution < -0.4 is 4.40 Å². The zero-order chi connectivity index (χ0) is 20.0. The summed E-state index contributed by atoms with van der Waals surface area (Å²) < 4.78 is 4.34. The molecule has 148 valence electrons. The Morgan fingerprint density at radius 1 is 0.966 bits per heavy atom. The number of thiophene rings is 1. The molecule has 0 aliphatic heterocycles. The first-order valence-electron chi connectivity index (χ1n) is 10.9. The standard InChI is InChI=1S/C26H29GeNS/c1-27(2,3)23-17-28-24(16-19(23)15-18-9-4-5-10-18)22-13-8-12-21-20-11-6-7-14-25(20)29-26(21)22/h6-8,11-14,16-18H,4-5,9-10,15H2,1-3H3. The minimum atomic E-state index is -1.95. The van der Waals surface area contributed by atoms with Crippen molar-refractivity contribution in [2.45, 2.75) is 49.4 Å². The zero-order valence-corrected chi connectivity index (χ0v) is 20.6. The summed E-state index contributed by atoms with van der Waals surface area (Å²) in [7, 11) is 0. The number of aromatic nitrogens is 1. The summed E-state index contributed by atoms with van der Waals surface area (Å²) in [6.45, 7) is 0. The van der Waals surface area contributed by atoms with Gasteiger partial charge < -0.3 is 0 Å². The number of pyridine rings is 1. The number of hydrogen-bond acceptors (Lipinski definition) is 2. The third-order valence-corrected chi connectivity index (χ3v) is 12.0. The summed E-state index contributed by atoms with van der Waals surface area (Å²) in [4.78, 5) is 5.02. The molecule has 1 nitrogen and oxygen atoms in total. The Balaban J connectivity index is 1.66. The van der Waals surface area contributed by atoms with Crippen LogP contribution in [0.3, 0.4) is 0 Å². The third kappa shape index (κ3) is 3.66. The predicted molar refractivity (Wildman–Crippen MR) is 131 cm³/mol. The average Bonchev–Trinajstić information content (AvgIpc) is 3.34. The van der Waals surface area contributed by atoms with Crippen LogP contribution in [0.4, 0.5) is 0 Å². The van der Waals surface area contributed by atoms with E-state index in [1.54, 1.807) is 9.96 Å². The van der Waals surface area contributed by atoms with Gasteiger partial charge in [-0.3, -0.25) is 0 Å². The summed E-state index contributed by atoms with van der Waals surface area (Å²) in [6.07, 6.45) is 9.12. The molecule has 0 atom stereocenters. The van der Waals surface area contributed by atoms with E-state index in [0.717, 1.165) is 11.6 Å². The summed E-state index contributed by atoms with van der Waals surface area (Å²) in [5, 5.41) is 2.72. The normalized spacial score (nSPS) is 15.6. The van der Waals surface area contributed by atoms with E-state index in [4.69, 9.17) is 4.98 Å². The number of hydrogen-bond donors (Lipinski definition) is 0. The van der Waals surface area contributed by atoms with Crippen molar-refractivity contribution >= 4 is 49.2 Å². The fourth-order valence-electron chi connectivity index (χ4n) is 4.96. The van der Waals surface area contributed by atoms with Gasteiger partial charge in [0.1, 0.15) is 0 Å². The SMILES string of the molecule is [CH3][Ge]([CH3])([CH3])[c]1cnc(-c2cccc3c2sc2ccccc23)cc1CC1CCCC1. The molecule has 0 bridgehead atoms. The van der Waals surface area contributed by atoms with Crippen molar-refractivity contribution in [1.29, 1.82) is 0 Å². The fraction of sp³-hybridized carbons (Fsp3) is 0.346. The van der Waals surface area contributed by atoms with E-state index in [-0.39, 0.29) is 0 Å². The monoisotopic (exact) mass is 461 g/mol. The van der Waals surface area contributed by atoms with Crippen LogP contribution in [0.5, 0.6) is 0 Å². The van der Waals surface area contributed by atoms with Crippen LogP contribution in [0.15, 0.2) is 54.7 Å². The molecule has 0 amide bonds. The Bertz CT molecular complexity index is 1180. The molecule has 2 heterocycles. The molecule has 2 aromatic carbocycles. The van der Waals surface area contributed by atoms with E-state index in [1.807, 2.05) is 11.3 Å². The van der Waals surface area contributed by atoms with Crippen LogP contribution in [0.1, 0.15) is 31.2 Å². The van der Waals surface area contributed by atoms with Crippen LogP contribution in [0.2, 0.25) is 17.3 Å². The van der Waals surface area contributed by atoms with Gasteiger partial charge in [0.05, 0.1) is 0 Å². The summed E-state index contributed by atoms with van der Waals surface area (Å²) >= 11 is -0.0499. The second kappa shape index (κ2) is 7.55. The van der Waals surface area contributed by atoms with Gasteiger partial charge in [-0.05, 0) is 0 Å². The molecular formula is C26H29GeNS. The van der Waals surface area contributed by atoms with Crippen molar-refractivity contribution in [2.24, 2.45) is 5.92 Å². The Hall–Kier alpha value is -1.65. The second-order valence-corrected chi connectivity index (χ2v) is 21.2. The minimum absolute atomic E-state index is 0.869. The third-order valence-electron chi connectivity index (χ3n) is 6.46. The molecule has 1 fully saturated rings. The zero-order valence-electron chi connectivity index (χ0n) is 17.7. The fourth-order valence-corrected chi connectivity index (χ4v) is 9.52. The molecule has 3 heteroatoms. The van der Waals surface area contributed by atoms with Crippen molar-refractivity contribution in [3.05, 3.63) is 60.3 Å². The first-order chi connectivity index (χ1) is 14.0. The maximum absolute atomic E-state index is 5.02. The average molecular weight is 460 g/mol. The van der Waals surface area contributed by atoms with E-state index in [1.165, 1.54) is 57.8 Å². The molecule has 0 spiro atoms. The molecule has 0 N–H and O–H groups in total. The van der Waals surface area contributed by atoms with Crippen molar-refractivity contribution in [2.75, 3.05) is 0 Å². The van der Waals surface area contributed by atoms with E-state index >= 15 is 0 Å². The van der Waals surface area contributed by atoms with Gasteiger partial charge in [0.2, 0.25) is 0 Å². The molecule has 2 aromatic heterocycles. The first-order valence-corrected chi connectivity index (χ1v) is 19.1. The number of rotatable bonds is 4. The molecule has 29 heavy (non-hydrogen) atoms. The van der Waals surface area contributed by atoms with Gasteiger partial charge in [-0.1, -0.05) is 0 Å². The van der Waals surface area contributed by atoms with Crippen LogP contribution in [-0.4, -0.2) is 18.3 Å². The van der Waals surface area contributed by atoms with Gasteiger partial charge in [0.15, 0.2) is 0 Å². The predicted octanol–water partition coefficient (Wildman–Crippen LogP) is 7.39. The molecule has 0 saturated heterocycles. The van der Waals surface area contributed by atoms with Crippen molar-refractivity contribution in [3.63, 3.8) is 0 Å². The van der Waals surface area contributed by atoms with E-state index in [9.17, 15) is 0 Å². The van der Waals surface area contributed by atoms with Gasteiger partial charge in [-0.25, -0.2) is 0 Å². The first kappa shape index (κ1) is 19.3. The molecule has 5 rings (SSSR count). The Kier molecular flexibility index (Phi) is 5.03. The summed E-state index contributed by atoms with van der Waals surface area (Å²) in [5.41, 5.74) is 4.04. The van der Waals surface area contributed by atoms with E-state index in [2.05, 4.69) is 72.0 Å². The second-order valence-electron chi connectivity index (χ2n) is 9.61. The molecular weight excluding hydrogens is 431 g/mol. The van der Waals surface area contributed by atoms with Crippen LogP contribution >= 0.6 is 11.3 Å². The van der Waals surface area contributed by atoms with Crippen LogP contribution in [0, 0.1) is 5.92 Å². The van der Waals surface area contributed by atoms with Crippen molar-refractivity contribution < 1.29 is 0 Å². The molecule has 0 radical (unpaired) electrons. The van der Waals surface area contributed by atoms with Gasteiger partial charge in [-0.2, -0.15) is 0 Å². The Morgan fingerprint density at radius 3 is 2.52 bits per heavy atom. The van der Waals surface area contributed by atoms with Gasteiger partial charge in [0, 0.05) is 0 Å². The quantitative estimate of drug-likeness (QED) is 0.290. The topological polar surface area (TPSA) is 12.9 Å². The molecule has 1 aliphatic rings. The van der Waals surface area contributed by atoms with Gasteiger partial charge >= 0.3 is 181 Å². The summed E-state index contributed by atoms with van der Waals surface area (Å²) in [6, 6.07) is 17.9. The van der Waals surface area contributed by atoms with Gasteiger partial charge in [-0.15, -0.1) is 0 Å². The molecule has 4 aromatic rings. The molecule has 0 unspecified atom stereocenters. The summed E-state index contributed by atoms with van der Waals surface area (Å²) in [5.74, 6) is 8.37. The van der Waals surface area contributed by atoms with Gasteiger partial charge in [0.25, 0.3) is 0 Å². The maximum atomic E-state index is 5.02. The molecule has 1 saturated carbocycles. The Morgan fingerprint density at radius 2 is 1.72 bits per heavy atom. The van der Waals surface area contributed by atoms with E-state index < -0.39 is 13.3 Å².